The molecule has 3 aromatic rings. The second-order valence-electron chi connectivity index (χ2n) is 6.72. The first-order valence-corrected chi connectivity index (χ1v) is 8.55. The zero-order valence-electron chi connectivity index (χ0n) is 14.6. The number of benzene rings is 1. The third kappa shape index (κ3) is 2.53. The highest BCUT2D eigenvalue weighted by Crippen LogP contribution is 2.28. The molecule has 0 atom stereocenters. The Morgan fingerprint density at radius 3 is 2.65 bits per heavy atom. The third-order valence-corrected chi connectivity index (χ3v) is 5.11. The Kier molecular flexibility index (Phi) is 3.73. The van der Waals surface area contributed by atoms with E-state index in [1.54, 1.807) is 13.8 Å². The maximum atomic E-state index is 12.6. The van der Waals surface area contributed by atoms with Crippen LogP contribution in [0.25, 0.3) is 11.0 Å². The van der Waals surface area contributed by atoms with Crippen molar-refractivity contribution in [2.45, 2.75) is 39.7 Å². The Labute approximate surface area is 149 Å². The van der Waals surface area contributed by atoms with Crippen molar-refractivity contribution in [3.63, 3.8) is 0 Å². The average Bonchev–Trinajstić information content (AvgIpc) is 3.05. The molecule has 0 spiro atoms. The van der Waals surface area contributed by atoms with Gasteiger partial charge in [0, 0.05) is 11.5 Å². The first-order chi connectivity index (χ1) is 12.5. The first-order valence-electron chi connectivity index (χ1n) is 8.55. The molecule has 6 nitrogen and oxygen atoms in total. The summed E-state index contributed by atoms with van der Waals surface area (Å²) in [6.45, 7) is 3.59. The van der Waals surface area contributed by atoms with Crippen LogP contribution in [0.2, 0.25) is 0 Å². The Balaban J connectivity index is 1.91. The SMILES string of the molecule is Cc1nn(Cc2cc(=O)oc3cc4c(cc23)CCC4)c(=O)c(C#N)c1C. The van der Waals surface area contributed by atoms with Crippen LogP contribution in [-0.4, -0.2) is 9.78 Å². The molecular formula is C20H17N3O3. The molecule has 0 unspecified atom stereocenters. The van der Waals surface area contributed by atoms with Gasteiger partial charge in [-0.15, -0.1) is 0 Å². The fourth-order valence-corrected chi connectivity index (χ4v) is 3.60. The minimum Gasteiger partial charge on any atom is -0.423 e. The summed E-state index contributed by atoms with van der Waals surface area (Å²) in [5, 5.41) is 14.4. The van der Waals surface area contributed by atoms with E-state index in [4.69, 9.17) is 4.42 Å². The highest BCUT2D eigenvalue weighted by atomic mass is 16.4. The molecule has 1 aromatic carbocycles. The molecule has 0 N–H and O–H groups in total. The van der Waals surface area contributed by atoms with Crippen LogP contribution in [-0.2, 0) is 19.4 Å². The summed E-state index contributed by atoms with van der Waals surface area (Å²) in [6, 6.07) is 7.34. The van der Waals surface area contributed by atoms with Gasteiger partial charge in [0.05, 0.1) is 12.2 Å². The van der Waals surface area contributed by atoms with Gasteiger partial charge < -0.3 is 4.42 Å². The van der Waals surface area contributed by atoms with E-state index in [-0.39, 0.29) is 12.1 Å². The predicted octanol–water partition coefficient (Wildman–Crippen LogP) is 2.38. The number of hydrogen-bond acceptors (Lipinski definition) is 5. The normalized spacial score (nSPS) is 13.0. The van der Waals surface area contributed by atoms with E-state index in [2.05, 4.69) is 5.10 Å². The predicted molar refractivity (Wildman–Crippen MR) is 96.3 cm³/mol. The molecule has 0 saturated carbocycles. The molecule has 6 heteroatoms. The van der Waals surface area contributed by atoms with Gasteiger partial charge in [0.15, 0.2) is 0 Å². The molecule has 130 valence electrons. The molecule has 0 fully saturated rings. The smallest absolute Gasteiger partial charge is 0.336 e. The van der Waals surface area contributed by atoms with Gasteiger partial charge in [-0.2, -0.15) is 10.4 Å². The molecular weight excluding hydrogens is 330 g/mol. The lowest BCUT2D eigenvalue weighted by molar-refractivity contribution is 0.553. The summed E-state index contributed by atoms with van der Waals surface area (Å²) in [6.07, 6.45) is 3.09. The van der Waals surface area contributed by atoms with E-state index >= 15 is 0 Å². The Morgan fingerprint density at radius 1 is 1.19 bits per heavy atom. The summed E-state index contributed by atoms with van der Waals surface area (Å²) in [5.74, 6) is 0. The number of aromatic nitrogens is 2. The monoisotopic (exact) mass is 347 g/mol. The molecule has 0 amide bonds. The summed E-state index contributed by atoms with van der Waals surface area (Å²) < 4.78 is 6.62. The summed E-state index contributed by atoms with van der Waals surface area (Å²) in [5.41, 5.74) is 4.07. The highest BCUT2D eigenvalue weighted by molar-refractivity contribution is 5.82. The second-order valence-corrected chi connectivity index (χ2v) is 6.72. The van der Waals surface area contributed by atoms with Gasteiger partial charge in [0.1, 0.15) is 17.2 Å². The number of fused-ring (bicyclic) bond motifs is 2. The number of nitriles is 1. The fraction of sp³-hybridized carbons (Fsp3) is 0.300. The van der Waals surface area contributed by atoms with Gasteiger partial charge in [0.25, 0.3) is 5.56 Å². The maximum Gasteiger partial charge on any atom is 0.336 e. The van der Waals surface area contributed by atoms with Crippen LogP contribution in [0.15, 0.2) is 32.2 Å². The first kappa shape index (κ1) is 16.3. The van der Waals surface area contributed by atoms with Crippen molar-refractivity contribution in [2.24, 2.45) is 0 Å². The molecule has 26 heavy (non-hydrogen) atoms. The van der Waals surface area contributed by atoms with Gasteiger partial charge in [-0.3, -0.25) is 4.79 Å². The summed E-state index contributed by atoms with van der Waals surface area (Å²) in [4.78, 5) is 24.6. The van der Waals surface area contributed by atoms with Crippen LogP contribution in [0.4, 0.5) is 0 Å². The van der Waals surface area contributed by atoms with Crippen LogP contribution in [0.3, 0.4) is 0 Å². The van der Waals surface area contributed by atoms with Gasteiger partial charge in [-0.25, -0.2) is 9.48 Å². The van der Waals surface area contributed by atoms with Crippen molar-refractivity contribution in [1.29, 1.82) is 5.26 Å². The van der Waals surface area contributed by atoms with Gasteiger partial charge in [-0.05, 0) is 67.5 Å². The van der Waals surface area contributed by atoms with Crippen LogP contribution < -0.4 is 11.2 Å². The lowest BCUT2D eigenvalue weighted by Gasteiger charge is -2.11. The van der Waals surface area contributed by atoms with E-state index in [1.165, 1.54) is 21.9 Å². The van der Waals surface area contributed by atoms with Crippen LogP contribution >= 0.6 is 0 Å². The number of rotatable bonds is 2. The van der Waals surface area contributed by atoms with E-state index in [0.717, 1.165) is 24.6 Å². The largest absolute Gasteiger partial charge is 0.423 e. The maximum absolute atomic E-state index is 12.6. The number of hydrogen-bond donors (Lipinski definition) is 0. The van der Waals surface area contributed by atoms with Gasteiger partial charge in [-0.1, -0.05) is 0 Å². The van der Waals surface area contributed by atoms with Crippen molar-refractivity contribution in [1.82, 2.24) is 9.78 Å². The molecule has 2 aromatic heterocycles. The van der Waals surface area contributed by atoms with Crippen LogP contribution in [0.1, 0.15) is 39.9 Å². The van der Waals surface area contributed by atoms with Crippen molar-refractivity contribution >= 4 is 11.0 Å². The fourth-order valence-electron chi connectivity index (χ4n) is 3.60. The minimum atomic E-state index is -0.456. The van der Waals surface area contributed by atoms with Crippen LogP contribution in [0, 0.1) is 25.2 Å². The standard InChI is InChI=1S/C20H17N3O3/c1-11-12(2)22-23(20(25)17(11)9-21)10-15-8-19(24)26-18-7-14-5-3-4-13(14)6-16(15)18/h6-8H,3-5,10H2,1-2H3. The lowest BCUT2D eigenvalue weighted by Crippen LogP contribution is -2.28. The Morgan fingerprint density at radius 2 is 1.92 bits per heavy atom. The summed E-state index contributed by atoms with van der Waals surface area (Å²) >= 11 is 0. The molecule has 2 heterocycles. The topological polar surface area (TPSA) is 88.9 Å². The number of aryl methyl sites for hydroxylation is 3. The average molecular weight is 347 g/mol. The molecule has 4 rings (SSSR count). The van der Waals surface area contributed by atoms with Gasteiger partial charge in [0.2, 0.25) is 0 Å². The zero-order valence-corrected chi connectivity index (χ0v) is 14.6. The van der Waals surface area contributed by atoms with Crippen LogP contribution in [0.5, 0.6) is 0 Å². The Bertz CT molecular complexity index is 1210. The van der Waals surface area contributed by atoms with Gasteiger partial charge >= 0.3 is 5.63 Å². The highest BCUT2D eigenvalue weighted by Gasteiger charge is 2.17. The molecule has 0 aliphatic heterocycles. The van der Waals surface area contributed by atoms with Crippen molar-refractivity contribution < 1.29 is 4.42 Å². The van der Waals surface area contributed by atoms with Crippen molar-refractivity contribution in [3.05, 3.63) is 72.5 Å². The van der Waals surface area contributed by atoms with E-state index in [1.807, 2.05) is 18.2 Å². The third-order valence-electron chi connectivity index (χ3n) is 5.11. The molecule has 0 radical (unpaired) electrons. The number of nitrogens with zero attached hydrogens (tertiary/aromatic N) is 3. The van der Waals surface area contributed by atoms with E-state index < -0.39 is 11.2 Å². The lowest BCUT2D eigenvalue weighted by atomic mass is 10.0. The zero-order chi connectivity index (χ0) is 18.4. The minimum absolute atomic E-state index is 0.0886. The molecule has 1 aliphatic carbocycles. The van der Waals surface area contributed by atoms with E-state index in [9.17, 15) is 14.9 Å². The van der Waals surface area contributed by atoms with E-state index in [0.29, 0.717) is 22.4 Å². The quantitative estimate of drug-likeness (QED) is 0.664. The second kappa shape index (κ2) is 5.95. The van der Waals surface area contributed by atoms with Crippen molar-refractivity contribution in [2.75, 3.05) is 0 Å². The van der Waals surface area contributed by atoms with Crippen molar-refractivity contribution in [3.8, 4) is 6.07 Å². The summed E-state index contributed by atoms with van der Waals surface area (Å²) in [7, 11) is 0. The Hall–Kier alpha value is -3.20. The molecule has 1 aliphatic rings. The molecule has 0 saturated heterocycles. The molecule has 0 bridgehead atoms.